The van der Waals surface area contributed by atoms with Gasteiger partial charge < -0.3 is 0 Å². The van der Waals surface area contributed by atoms with Crippen molar-refractivity contribution in [2.24, 2.45) is 0 Å². The highest BCUT2D eigenvalue weighted by atomic mass is 16.6. The minimum Gasteiger partial charge on any atom is -0.287 e. The highest BCUT2D eigenvalue weighted by molar-refractivity contribution is 5.95. The van der Waals surface area contributed by atoms with Crippen molar-refractivity contribution < 1.29 is 14.3 Å². The Hall–Kier alpha value is -3.34. The van der Waals surface area contributed by atoms with Crippen LogP contribution in [-0.2, 0) is 6.54 Å². The molecule has 0 amide bonds. The zero-order valence-corrected chi connectivity index (χ0v) is 13.5. The highest BCUT2D eigenvalue weighted by Crippen LogP contribution is 2.17. The number of hydrogen-bond acceptors (Lipinski definition) is 3. The molecule has 2 aromatic carbocycles. The summed E-state index contributed by atoms with van der Waals surface area (Å²) in [4.78, 5) is 22.7. The van der Waals surface area contributed by atoms with Gasteiger partial charge in [0.25, 0.3) is 0 Å². The summed E-state index contributed by atoms with van der Waals surface area (Å²) in [7, 11) is 0. The third-order valence-electron chi connectivity index (χ3n) is 3.92. The molecular weight excluding hydrogens is 316 g/mol. The molecule has 0 saturated carbocycles. The summed E-state index contributed by atoms with van der Waals surface area (Å²) in [5.74, 6) is -0.00944. The summed E-state index contributed by atoms with van der Waals surface area (Å²) >= 11 is 0. The first-order valence-electron chi connectivity index (χ1n) is 7.93. The number of aromatic nitrogens is 1. The molecule has 0 fully saturated rings. The van der Waals surface area contributed by atoms with Crippen LogP contribution in [0.25, 0.3) is 16.8 Å². The van der Waals surface area contributed by atoms with Gasteiger partial charge in [-0.05, 0) is 17.5 Å². The molecule has 5 heteroatoms. The Morgan fingerprint density at radius 1 is 1.04 bits per heavy atom. The van der Waals surface area contributed by atoms with Gasteiger partial charge in [-0.2, -0.15) is 4.57 Å². The maximum absolute atomic E-state index is 12.5. The molecular formula is C20H17N2O3+. The zero-order valence-electron chi connectivity index (χ0n) is 13.5. The van der Waals surface area contributed by atoms with Crippen molar-refractivity contribution in [1.82, 2.24) is 0 Å². The Morgan fingerprint density at radius 3 is 2.52 bits per heavy atom. The lowest BCUT2D eigenvalue weighted by Crippen LogP contribution is -2.40. The maximum atomic E-state index is 12.5. The number of fused-ring (bicyclic) bond motifs is 1. The fourth-order valence-corrected chi connectivity index (χ4v) is 2.72. The van der Waals surface area contributed by atoms with Crippen molar-refractivity contribution in [3.8, 4) is 0 Å². The van der Waals surface area contributed by atoms with E-state index in [2.05, 4.69) is 0 Å². The van der Waals surface area contributed by atoms with E-state index in [-0.39, 0.29) is 23.8 Å². The molecule has 0 bridgehead atoms. The largest absolute Gasteiger partial charge is 0.287 e. The Morgan fingerprint density at radius 2 is 1.76 bits per heavy atom. The number of benzene rings is 2. The normalized spacial score (nSPS) is 11.0. The molecule has 0 radical (unpaired) electrons. The van der Waals surface area contributed by atoms with Crippen LogP contribution >= 0.6 is 0 Å². The van der Waals surface area contributed by atoms with Crippen LogP contribution in [0.15, 0.2) is 72.9 Å². The van der Waals surface area contributed by atoms with Gasteiger partial charge in [0, 0.05) is 22.6 Å². The molecule has 0 aliphatic rings. The summed E-state index contributed by atoms with van der Waals surface area (Å²) < 4.78 is 1.83. The zero-order chi connectivity index (χ0) is 17.6. The first-order valence-corrected chi connectivity index (χ1v) is 7.93. The third kappa shape index (κ3) is 3.95. The van der Waals surface area contributed by atoms with Gasteiger partial charge in [0.1, 0.15) is 0 Å². The van der Waals surface area contributed by atoms with E-state index in [0.29, 0.717) is 5.56 Å². The molecule has 124 valence electrons. The molecule has 1 heterocycles. The van der Waals surface area contributed by atoms with E-state index < -0.39 is 0 Å². The van der Waals surface area contributed by atoms with Crippen LogP contribution in [0.4, 0.5) is 0 Å². The van der Waals surface area contributed by atoms with Gasteiger partial charge in [-0.15, -0.1) is 0 Å². The van der Waals surface area contributed by atoms with Crippen LogP contribution < -0.4 is 4.57 Å². The molecule has 3 aromatic rings. The van der Waals surface area contributed by atoms with Gasteiger partial charge in [0.15, 0.2) is 6.20 Å². The minimum atomic E-state index is -0.388. The lowest BCUT2D eigenvalue weighted by molar-refractivity contribution is -0.683. The van der Waals surface area contributed by atoms with E-state index in [1.165, 1.54) is 6.08 Å². The second-order valence-electron chi connectivity index (χ2n) is 5.62. The molecule has 1 aromatic heterocycles. The van der Waals surface area contributed by atoms with Crippen LogP contribution in [0.3, 0.4) is 0 Å². The van der Waals surface area contributed by atoms with Gasteiger partial charge in [0.2, 0.25) is 24.6 Å². The molecule has 0 aliphatic heterocycles. The summed E-state index contributed by atoms with van der Waals surface area (Å²) in [6, 6.07) is 18.8. The average molecular weight is 333 g/mol. The molecule has 0 unspecified atom stereocenters. The number of rotatable bonds is 6. The summed E-state index contributed by atoms with van der Waals surface area (Å²) in [6.07, 6.45) is 5.06. The van der Waals surface area contributed by atoms with Gasteiger partial charge in [-0.1, -0.05) is 48.5 Å². The second-order valence-corrected chi connectivity index (χ2v) is 5.62. The van der Waals surface area contributed by atoms with Gasteiger partial charge in [0.05, 0.1) is 5.39 Å². The molecule has 0 N–H and O–H groups in total. The van der Waals surface area contributed by atoms with E-state index in [9.17, 15) is 14.9 Å². The van der Waals surface area contributed by atoms with Crippen LogP contribution in [0.2, 0.25) is 0 Å². The quantitative estimate of drug-likeness (QED) is 0.301. The smallest absolute Gasteiger partial charge is 0.227 e. The Balaban J connectivity index is 2.00. The number of nitro groups is 1. The van der Waals surface area contributed by atoms with Crippen molar-refractivity contribution in [2.75, 3.05) is 6.54 Å². The lowest BCUT2D eigenvalue weighted by atomic mass is 10.1. The van der Waals surface area contributed by atoms with Gasteiger partial charge >= 0.3 is 0 Å². The number of ketones is 1. The fourth-order valence-electron chi connectivity index (χ4n) is 2.72. The predicted molar refractivity (Wildman–Crippen MR) is 95.8 cm³/mol. The van der Waals surface area contributed by atoms with E-state index in [1.807, 2.05) is 59.3 Å². The Labute approximate surface area is 145 Å². The second kappa shape index (κ2) is 7.49. The maximum Gasteiger partial charge on any atom is 0.227 e. The predicted octanol–water partition coefficient (Wildman–Crippen LogP) is 3.30. The number of carbonyl (C=O) groups excluding carboxylic acids is 1. The van der Waals surface area contributed by atoms with E-state index in [1.54, 1.807) is 18.2 Å². The summed E-state index contributed by atoms with van der Waals surface area (Å²) in [5.41, 5.74) is 1.42. The highest BCUT2D eigenvalue weighted by Gasteiger charge is 2.17. The molecule has 0 spiro atoms. The monoisotopic (exact) mass is 333 g/mol. The van der Waals surface area contributed by atoms with Crippen molar-refractivity contribution in [2.45, 2.75) is 6.54 Å². The van der Waals surface area contributed by atoms with E-state index >= 15 is 0 Å². The SMILES string of the molecule is O=C(C[n+]1ccc2ccccc2c1C=CC[N+](=O)[O-])c1ccccc1. The Kier molecular flexibility index (Phi) is 4.95. The van der Waals surface area contributed by atoms with Crippen LogP contribution in [0.1, 0.15) is 16.1 Å². The molecule has 3 rings (SSSR count). The van der Waals surface area contributed by atoms with Crippen molar-refractivity contribution >= 4 is 22.6 Å². The minimum absolute atomic E-state index is 0.00944. The first kappa shape index (κ1) is 16.5. The first-order chi connectivity index (χ1) is 12.1. The van der Waals surface area contributed by atoms with Crippen LogP contribution in [0.5, 0.6) is 0 Å². The molecule has 0 atom stereocenters. The third-order valence-corrected chi connectivity index (χ3v) is 3.92. The number of hydrogen-bond donors (Lipinski definition) is 0. The number of nitrogens with zero attached hydrogens (tertiary/aromatic N) is 2. The van der Waals surface area contributed by atoms with Crippen LogP contribution in [-0.4, -0.2) is 17.3 Å². The summed E-state index contributed by atoms with van der Waals surface area (Å²) in [5, 5.41) is 12.6. The van der Waals surface area contributed by atoms with Crippen molar-refractivity contribution in [3.05, 3.63) is 94.3 Å². The summed E-state index contributed by atoms with van der Waals surface area (Å²) in [6.45, 7) is -0.0805. The lowest BCUT2D eigenvalue weighted by Gasteiger charge is -2.05. The average Bonchev–Trinajstić information content (AvgIpc) is 2.63. The Bertz CT molecular complexity index is 950. The van der Waals surface area contributed by atoms with Gasteiger partial charge in [-0.25, -0.2) is 0 Å². The van der Waals surface area contributed by atoms with Gasteiger partial charge in [-0.3, -0.25) is 14.9 Å². The van der Waals surface area contributed by atoms with Crippen LogP contribution in [0, 0.1) is 10.1 Å². The van der Waals surface area contributed by atoms with E-state index in [4.69, 9.17) is 0 Å². The topological polar surface area (TPSA) is 64.1 Å². The molecule has 25 heavy (non-hydrogen) atoms. The fraction of sp³-hybridized carbons (Fsp3) is 0.100. The number of Topliss-reactive ketones (excluding diaryl/α,β-unsaturated/α-hetero) is 1. The molecule has 5 nitrogen and oxygen atoms in total. The van der Waals surface area contributed by atoms with E-state index in [0.717, 1.165) is 16.5 Å². The standard InChI is InChI=1S/C20H17N2O3/c23-20(17-8-2-1-3-9-17)15-21-14-12-16-7-4-5-10-18(16)19(21)11-6-13-22(24)25/h1-12,14H,13,15H2/q+1. The van der Waals surface area contributed by atoms with Crippen molar-refractivity contribution in [1.29, 1.82) is 0 Å². The van der Waals surface area contributed by atoms with Crippen molar-refractivity contribution in [3.63, 3.8) is 0 Å². The molecule has 0 saturated heterocycles. The number of carbonyl (C=O) groups is 1. The number of pyridine rings is 1. The molecule has 0 aliphatic carbocycles.